The molecule has 1 saturated carbocycles. The van der Waals surface area contributed by atoms with E-state index in [1.165, 1.54) is 31.4 Å². The summed E-state index contributed by atoms with van der Waals surface area (Å²) in [6, 6.07) is 4.76. The Kier molecular flexibility index (Phi) is 5.20. The van der Waals surface area contributed by atoms with E-state index in [9.17, 15) is 0 Å². The quantitative estimate of drug-likeness (QED) is 0.815. The average Bonchev–Trinajstić information content (AvgIpc) is 2.38. The first-order valence-electron chi connectivity index (χ1n) is 7.68. The van der Waals surface area contributed by atoms with Crippen molar-refractivity contribution in [3.63, 3.8) is 0 Å². The minimum atomic E-state index is 0.383. The van der Waals surface area contributed by atoms with Gasteiger partial charge in [0.1, 0.15) is 5.82 Å². The summed E-state index contributed by atoms with van der Waals surface area (Å²) in [5.74, 6) is 2.02. The molecule has 0 spiro atoms. The highest BCUT2D eigenvalue weighted by molar-refractivity contribution is 5.39. The topological polar surface area (TPSA) is 28.2 Å². The van der Waals surface area contributed by atoms with E-state index >= 15 is 0 Å². The molecule has 1 aliphatic carbocycles. The van der Waals surface area contributed by atoms with Crippen LogP contribution in [0.4, 0.5) is 5.82 Å². The van der Waals surface area contributed by atoms with Gasteiger partial charge in [0.2, 0.25) is 0 Å². The summed E-state index contributed by atoms with van der Waals surface area (Å²) in [6.07, 6.45) is 6.22. The van der Waals surface area contributed by atoms with Crippen molar-refractivity contribution in [2.24, 2.45) is 5.92 Å². The van der Waals surface area contributed by atoms with Crippen LogP contribution in [0.2, 0.25) is 0 Å². The summed E-state index contributed by atoms with van der Waals surface area (Å²) in [6.45, 7) is 9.75. The van der Waals surface area contributed by atoms with Gasteiger partial charge in [-0.15, -0.1) is 0 Å². The molecule has 0 amide bonds. The van der Waals surface area contributed by atoms with Crippen molar-refractivity contribution in [1.82, 2.24) is 10.3 Å². The van der Waals surface area contributed by atoms with Crippen molar-refractivity contribution < 1.29 is 0 Å². The lowest BCUT2D eigenvalue weighted by atomic mass is 9.85. The van der Waals surface area contributed by atoms with E-state index in [1.54, 1.807) is 0 Å². The SMILES string of the molecule is CCNC(C)c1ccc(N(CC)CC2CCC2)nc1. The van der Waals surface area contributed by atoms with Gasteiger partial charge in [-0.1, -0.05) is 19.4 Å². The second-order valence-corrected chi connectivity index (χ2v) is 5.56. The molecule has 0 radical (unpaired) electrons. The number of rotatable bonds is 7. The van der Waals surface area contributed by atoms with Crippen molar-refractivity contribution in [1.29, 1.82) is 0 Å². The first-order chi connectivity index (χ1) is 9.24. The van der Waals surface area contributed by atoms with Crippen LogP contribution < -0.4 is 10.2 Å². The molecule has 1 atom stereocenters. The predicted octanol–water partition coefficient (Wildman–Crippen LogP) is 3.38. The molecule has 1 N–H and O–H groups in total. The van der Waals surface area contributed by atoms with E-state index in [4.69, 9.17) is 0 Å². The lowest BCUT2D eigenvalue weighted by Gasteiger charge is -2.32. The number of hydrogen-bond donors (Lipinski definition) is 1. The van der Waals surface area contributed by atoms with Crippen LogP contribution in [0, 0.1) is 5.92 Å². The Hall–Kier alpha value is -1.09. The molecule has 1 unspecified atom stereocenters. The Morgan fingerprint density at radius 1 is 1.37 bits per heavy atom. The Morgan fingerprint density at radius 2 is 2.16 bits per heavy atom. The van der Waals surface area contributed by atoms with Crippen LogP contribution in [0.15, 0.2) is 18.3 Å². The lowest BCUT2D eigenvalue weighted by molar-refractivity contribution is 0.318. The van der Waals surface area contributed by atoms with Crippen LogP contribution in [0.5, 0.6) is 0 Å². The van der Waals surface area contributed by atoms with Crippen molar-refractivity contribution in [2.75, 3.05) is 24.5 Å². The van der Waals surface area contributed by atoms with Gasteiger partial charge in [-0.05, 0) is 50.8 Å². The zero-order chi connectivity index (χ0) is 13.7. The molecule has 1 heterocycles. The second-order valence-electron chi connectivity index (χ2n) is 5.56. The summed E-state index contributed by atoms with van der Waals surface area (Å²) < 4.78 is 0. The van der Waals surface area contributed by atoms with Crippen LogP contribution in [0.25, 0.3) is 0 Å². The third kappa shape index (κ3) is 3.69. The smallest absolute Gasteiger partial charge is 0.128 e. The Balaban J connectivity index is 1.98. The number of aromatic nitrogens is 1. The highest BCUT2D eigenvalue weighted by atomic mass is 15.2. The molecule has 0 aliphatic heterocycles. The highest BCUT2D eigenvalue weighted by Crippen LogP contribution is 2.28. The number of anilines is 1. The van der Waals surface area contributed by atoms with Crippen molar-refractivity contribution in [2.45, 2.75) is 46.1 Å². The van der Waals surface area contributed by atoms with Crippen LogP contribution in [-0.2, 0) is 0 Å². The molecule has 1 aliphatic rings. The van der Waals surface area contributed by atoms with Crippen molar-refractivity contribution >= 4 is 5.82 Å². The molecule has 1 aromatic heterocycles. The lowest BCUT2D eigenvalue weighted by Crippen LogP contribution is -2.33. The average molecular weight is 261 g/mol. The fraction of sp³-hybridized carbons (Fsp3) is 0.688. The van der Waals surface area contributed by atoms with E-state index in [1.807, 2.05) is 6.20 Å². The van der Waals surface area contributed by atoms with E-state index in [0.29, 0.717) is 6.04 Å². The third-order valence-corrected chi connectivity index (χ3v) is 4.19. The maximum atomic E-state index is 4.65. The van der Waals surface area contributed by atoms with E-state index < -0.39 is 0 Å². The molecule has 106 valence electrons. The molecule has 19 heavy (non-hydrogen) atoms. The molecule has 0 saturated heterocycles. The molecule has 0 aromatic carbocycles. The van der Waals surface area contributed by atoms with Crippen LogP contribution >= 0.6 is 0 Å². The zero-order valence-electron chi connectivity index (χ0n) is 12.5. The predicted molar refractivity (Wildman–Crippen MR) is 81.6 cm³/mol. The summed E-state index contributed by atoms with van der Waals surface area (Å²) in [7, 11) is 0. The van der Waals surface area contributed by atoms with E-state index in [0.717, 1.165) is 24.8 Å². The van der Waals surface area contributed by atoms with Gasteiger partial charge in [0.25, 0.3) is 0 Å². The highest BCUT2D eigenvalue weighted by Gasteiger charge is 2.20. The van der Waals surface area contributed by atoms with E-state index in [-0.39, 0.29) is 0 Å². The minimum absolute atomic E-state index is 0.383. The standard InChI is InChI=1S/C16H27N3/c1-4-17-13(3)15-9-10-16(18-11-15)19(5-2)12-14-7-6-8-14/h9-11,13-14,17H,4-8,12H2,1-3H3. The summed E-state index contributed by atoms with van der Waals surface area (Å²) >= 11 is 0. The van der Waals surface area contributed by atoms with Crippen LogP contribution in [0.3, 0.4) is 0 Å². The molecule has 1 fully saturated rings. The fourth-order valence-corrected chi connectivity index (χ4v) is 2.64. The van der Waals surface area contributed by atoms with Gasteiger partial charge in [-0.25, -0.2) is 4.98 Å². The fourth-order valence-electron chi connectivity index (χ4n) is 2.64. The minimum Gasteiger partial charge on any atom is -0.357 e. The molecule has 1 aromatic rings. The van der Waals surface area contributed by atoms with Crippen LogP contribution in [0.1, 0.15) is 51.6 Å². The van der Waals surface area contributed by atoms with Gasteiger partial charge in [-0.3, -0.25) is 0 Å². The number of pyridine rings is 1. The third-order valence-electron chi connectivity index (χ3n) is 4.19. The maximum Gasteiger partial charge on any atom is 0.128 e. The molecule has 0 bridgehead atoms. The largest absolute Gasteiger partial charge is 0.357 e. The number of nitrogens with zero attached hydrogens (tertiary/aromatic N) is 2. The van der Waals surface area contributed by atoms with Crippen LogP contribution in [-0.4, -0.2) is 24.6 Å². The van der Waals surface area contributed by atoms with Gasteiger partial charge in [0.05, 0.1) is 0 Å². The molecule has 3 heteroatoms. The van der Waals surface area contributed by atoms with Gasteiger partial charge in [-0.2, -0.15) is 0 Å². The Bertz CT molecular complexity index is 370. The zero-order valence-corrected chi connectivity index (χ0v) is 12.5. The second kappa shape index (κ2) is 6.90. The number of hydrogen-bond acceptors (Lipinski definition) is 3. The van der Waals surface area contributed by atoms with Gasteiger partial charge in [0.15, 0.2) is 0 Å². The number of nitrogens with one attached hydrogen (secondary N) is 1. The maximum absolute atomic E-state index is 4.65. The molecule has 3 nitrogen and oxygen atoms in total. The van der Waals surface area contributed by atoms with Gasteiger partial charge >= 0.3 is 0 Å². The monoisotopic (exact) mass is 261 g/mol. The normalized spacial score (nSPS) is 17.0. The van der Waals surface area contributed by atoms with Crippen molar-refractivity contribution in [3.8, 4) is 0 Å². The van der Waals surface area contributed by atoms with Gasteiger partial charge in [0, 0.05) is 25.3 Å². The van der Waals surface area contributed by atoms with Crippen molar-refractivity contribution in [3.05, 3.63) is 23.9 Å². The first-order valence-corrected chi connectivity index (χ1v) is 7.68. The summed E-state index contributed by atoms with van der Waals surface area (Å²) in [5.41, 5.74) is 1.27. The summed E-state index contributed by atoms with van der Waals surface area (Å²) in [5, 5.41) is 3.42. The Morgan fingerprint density at radius 3 is 2.63 bits per heavy atom. The molecular weight excluding hydrogens is 234 g/mol. The van der Waals surface area contributed by atoms with E-state index in [2.05, 4.69) is 48.1 Å². The Labute approximate surface area is 117 Å². The molecular formula is C16H27N3. The van der Waals surface area contributed by atoms with Gasteiger partial charge < -0.3 is 10.2 Å². The molecule has 2 rings (SSSR count). The first kappa shape index (κ1) is 14.3. The summed E-state index contributed by atoms with van der Waals surface area (Å²) in [4.78, 5) is 7.06.